The van der Waals surface area contributed by atoms with Gasteiger partial charge in [0.15, 0.2) is 5.11 Å². The van der Waals surface area contributed by atoms with E-state index in [9.17, 15) is 0 Å². The third-order valence-electron chi connectivity index (χ3n) is 3.99. The Hall–Kier alpha value is -2.72. The van der Waals surface area contributed by atoms with Crippen LogP contribution in [-0.2, 0) is 6.42 Å². The molecule has 0 spiro atoms. The van der Waals surface area contributed by atoms with Crippen LogP contribution in [0.1, 0.15) is 22.7 Å². The van der Waals surface area contributed by atoms with E-state index in [1.807, 2.05) is 36.4 Å². The van der Waals surface area contributed by atoms with Crippen molar-refractivity contribution in [1.82, 2.24) is 15.6 Å². The molecular formula is C21H21N3S. The van der Waals surface area contributed by atoms with Crippen LogP contribution in [0, 0.1) is 0 Å². The van der Waals surface area contributed by atoms with Crippen molar-refractivity contribution in [2.24, 2.45) is 0 Å². The third kappa shape index (κ3) is 5.13. The van der Waals surface area contributed by atoms with Crippen molar-refractivity contribution in [3.8, 4) is 0 Å². The number of benzene rings is 2. The molecule has 0 saturated heterocycles. The number of aromatic nitrogens is 1. The highest BCUT2D eigenvalue weighted by molar-refractivity contribution is 7.80. The molecule has 0 fully saturated rings. The maximum atomic E-state index is 5.51. The first kappa shape index (κ1) is 17.1. The molecule has 126 valence electrons. The van der Waals surface area contributed by atoms with Crippen LogP contribution >= 0.6 is 12.2 Å². The molecule has 1 atom stereocenters. The Morgan fingerprint density at radius 2 is 1.44 bits per heavy atom. The van der Waals surface area contributed by atoms with E-state index < -0.39 is 0 Å². The van der Waals surface area contributed by atoms with Crippen LogP contribution in [0.3, 0.4) is 0 Å². The lowest BCUT2D eigenvalue weighted by Crippen LogP contribution is -2.39. The summed E-state index contributed by atoms with van der Waals surface area (Å²) in [5, 5.41) is 7.39. The second-order valence-electron chi connectivity index (χ2n) is 5.76. The Kier molecular flexibility index (Phi) is 6.12. The molecule has 0 aliphatic rings. The highest BCUT2D eigenvalue weighted by atomic mass is 32.1. The molecule has 0 amide bonds. The lowest BCUT2D eigenvalue weighted by Gasteiger charge is -2.22. The Bertz CT molecular complexity index is 737. The lowest BCUT2D eigenvalue weighted by molar-refractivity contribution is 0.732. The molecule has 2 aromatic carbocycles. The summed E-state index contributed by atoms with van der Waals surface area (Å²) in [6, 6.07) is 24.7. The predicted octanol–water partition coefficient (Wildman–Crippen LogP) is 3.88. The summed E-state index contributed by atoms with van der Waals surface area (Å²) in [5.74, 6) is 0. The first-order chi connectivity index (χ1) is 12.3. The molecule has 3 aromatic rings. The Morgan fingerprint density at radius 3 is 2.12 bits per heavy atom. The van der Waals surface area contributed by atoms with E-state index in [0.717, 1.165) is 18.5 Å². The van der Waals surface area contributed by atoms with Gasteiger partial charge in [-0.05, 0) is 47.5 Å². The number of pyridine rings is 1. The lowest BCUT2D eigenvalue weighted by atomic mass is 10.00. The predicted molar refractivity (Wildman–Crippen MR) is 106 cm³/mol. The fourth-order valence-electron chi connectivity index (χ4n) is 2.71. The molecular weight excluding hydrogens is 326 g/mol. The first-order valence-corrected chi connectivity index (χ1v) is 8.77. The third-order valence-corrected chi connectivity index (χ3v) is 4.25. The van der Waals surface area contributed by atoms with Gasteiger partial charge < -0.3 is 10.6 Å². The molecule has 0 bridgehead atoms. The number of nitrogens with zero attached hydrogens (tertiary/aromatic N) is 1. The molecule has 4 heteroatoms. The zero-order valence-electron chi connectivity index (χ0n) is 13.9. The summed E-state index contributed by atoms with van der Waals surface area (Å²) < 4.78 is 0. The van der Waals surface area contributed by atoms with E-state index in [1.165, 1.54) is 11.1 Å². The van der Waals surface area contributed by atoms with Crippen molar-refractivity contribution in [2.45, 2.75) is 12.5 Å². The zero-order chi connectivity index (χ0) is 17.3. The molecule has 1 heterocycles. The van der Waals surface area contributed by atoms with Crippen molar-refractivity contribution in [1.29, 1.82) is 0 Å². The fourth-order valence-corrected chi connectivity index (χ4v) is 2.93. The minimum Gasteiger partial charge on any atom is -0.362 e. The SMILES string of the molecule is S=C(NCCc1ccccc1)N[C@H](c1ccccc1)c1ccncc1. The van der Waals surface area contributed by atoms with Gasteiger partial charge >= 0.3 is 0 Å². The molecule has 3 nitrogen and oxygen atoms in total. The molecule has 3 rings (SSSR count). The van der Waals surface area contributed by atoms with Crippen molar-refractivity contribution >= 4 is 17.3 Å². The van der Waals surface area contributed by atoms with Crippen molar-refractivity contribution in [3.05, 3.63) is 102 Å². The Morgan fingerprint density at radius 1 is 0.840 bits per heavy atom. The van der Waals surface area contributed by atoms with Crippen LogP contribution in [0.4, 0.5) is 0 Å². The van der Waals surface area contributed by atoms with E-state index in [4.69, 9.17) is 12.2 Å². The summed E-state index contributed by atoms with van der Waals surface area (Å²) >= 11 is 5.51. The minimum atomic E-state index is 0.000857. The van der Waals surface area contributed by atoms with Crippen LogP contribution < -0.4 is 10.6 Å². The summed E-state index contributed by atoms with van der Waals surface area (Å²) in [4.78, 5) is 4.11. The first-order valence-electron chi connectivity index (χ1n) is 8.36. The second-order valence-corrected chi connectivity index (χ2v) is 6.17. The fraction of sp³-hybridized carbons (Fsp3) is 0.143. The van der Waals surface area contributed by atoms with E-state index in [-0.39, 0.29) is 6.04 Å². The number of rotatable bonds is 6. The Balaban J connectivity index is 1.63. The molecule has 1 aromatic heterocycles. The summed E-state index contributed by atoms with van der Waals surface area (Å²) in [5.41, 5.74) is 3.60. The van der Waals surface area contributed by atoms with Crippen LogP contribution in [0.15, 0.2) is 85.2 Å². The highest BCUT2D eigenvalue weighted by Gasteiger charge is 2.14. The van der Waals surface area contributed by atoms with Crippen LogP contribution in [0.25, 0.3) is 0 Å². The number of hydrogen-bond donors (Lipinski definition) is 2. The molecule has 0 radical (unpaired) electrons. The molecule has 25 heavy (non-hydrogen) atoms. The molecule has 0 saturated carbocycles. The van der Waals surface area contributed by atoms with Crippen LogP contribution in [-0.4, -0.2) is 16.6 Å². The average molecular weight is 347 g/mol. The molecule has 0 aliphatic heterocycles. The van der Waals surface area contributed by atoms with E-state index in [0.29, 0.717) is 5.11 Å². The monoisotopic (exact) mass is 347 g/mol. The second kappa shape index (κ2) is 8.94. The van der Waals surface area contributed by atoms with Gasteiger partial charge in [-0.15, -0.1) is 0 Å². The van der Waals surface area contributed by atoms with Crippen molar-refractivity contribution in [2.75, 3.05) is 6.54 Å². The van der Waals surface area contributed by atoms with E-state index in [2.05, 4.69) is 52.0 Å². The van der Waals surface area contributed by atoms with Gasteiger partial charge in [0.25, 0.3) is 0 Å². The maximum absolute atomic E-state index is 5.51. The van der Waals surface area contributed by atoms with Gasteiger partial charge in [-0.25, -0.2) is 0 Å². The standard InChI is InChI=1S/C21H21N3S/c25-21(23-16-11-17-7-3-1-4-8-17)24-20(18-9-5-2-6-10-18)19-12-14-22-15-13-19/h1-10,12-15,20H,11,16H2,(H2,23,24,25)/t20-/m1/s1. The van der Waals surface area contributed by atoms with E-state index >= 15 is 0 Å². The average Bonchev–Trinajstić information content (AvgIpc) is 2.68. The number of nitrogens with one attached hydrogen (secondary N) is 2. The van der Waals surface area contributed by atoms with Gasteiger partial charge in [0.2, 0.25) is 0 Å². The maximum Gasteiger partial charge on any atom is 0.167 e. The smallest absolute Gasteiger partial charge is 0.167 e. The zero-order valence-corrected chi connectivity index (χ0v) is 14.7. The molecule has 0 aliphatic carbocycles. The van der Waals surface area contributed by atoms with Crippen molar-refractivity contribution < 1.29 is 0 Å². The van der Waals surface area contributed by atoms with Gasteiger partial charge in [0.05, 0.1) is 6.04 Å². The normalized spacial score (nSPS) is 11.5. The largest absolute Gasteiger partial charge is 0.362 e. The van der Waals surface area contributed by atoms with E-state index in [1.54, 1.807) is 12.4 Å². The van der Waals surface area contributed by atoms with Gasteiger partial charge in [0.1, 0.15) is 0 Å². The Labute approximate surface area is 154 Å². The van der Waals surface area contributed by atoms with Gasteiger partial charge in [-0.2, -0.15) is 0 Å². The van der Waals surface area contributed by atoms with Crippen LogP contribution in [0.5, 0.6) is 0 Å². The quantitative estimate of drug-likeness (QED) is 0.664. The molecule has 2 N–H and O–H groups in total. The summed E-state index contributed by atoms with van der Waals surface area (Å²) in [7, 11) is 0. The van der Waals surface area contributed by atoms with Crippen LogP contribution in [0.2, 0.25) is 0 Å². The highest BCUT2D eigenvalue weighted by Crippen LogP contribution is 2.21. The number of hydrogen-bond acceptors (Lipinski definition) is 2. The topological polar surface area (TPSA) is 37.0 Å². The number of thiocarbonyl (C=S) groups is 1. The summed E-state index contributed by atoms with van der Waals surface area (Å²) in [6.45, 7) is 0.799. The van der Waals surface area contributed by atoms with Crippen molar-refractivity contribution in [3.63, 3.8) is 0 Å². The van der Waals surface area contributed by atoms with Gasteiger partial charge in [0, 0.05) is 18.9 Å². The summed E-state index contributed by atoms with van der Waals surface area (Å²) in [6.07, 6.45) is 4.55. The minimum absolute atomic E-state index is 0.000857. The molecule has 0 unspecified atom stereocenters. The van der Waals surface area contributed by atoms with Gasteiger partial charge in [-0.3, -0.25) is 4.98 Å². The van der Waals surface area contributed by atoms with Gasteiger partial charge in [-0.1, -0.05) is 60.7 Å².